The second kappa shape index (κ2) is 8.48. The first kappa shape index (κ1) is 17.9. The molecule has 0 aliphatic rings. The van der Waals surface area contributed by atoms with Gasteiger partial charge in [-0.1, -0.05) is 18.2 Å². The molecular weight excluding hydrogens is 346 g/mol. The molecule has 0 aliphatic carbocycles. The maximum absolute atomic E-state index is 12.1. The molecule has 138 valence electrons. The van der Waals surface area contributed by atoms with Crippen molar-refractivity contribution in [3.8, 4) is 5.75 Å². The van der Waals surface area contributed by atoms with Gasteiger partial charge < -0.3 is 15.8 Å². The second-order valence-corrected chi connectivity index (χ2v) is 5.33. The maximum Gasteiger partial charge on any atom is 0.288 e. The molecular formula is C18H19N7O2. The second-order valence-electron chi connectivity index (χ2n) is 5.33. The first-order valence-corrected chi connectivity index (χ1v) is 8.25. The van der Waals surface area contributed by atoms with Crippen LogP contribution in [0.2, 0.25) is 0 Å². The van der Waals surface area contributed by atoms with E-state index < -0.39 is 5.91 Å². The lowest BCUT2D eigenvalue weighted by Gasteiger charge is -2.15. The van der Waals surface area contributed by atoms with Crippen molar-refractivity contribution in [2.45, 2.75) is 6.92 Å². The highest BCUT2D eigenvalue weighted by atomic mass is 16.5. The van der Waals surface area contributed by atoms with Crippen LogP contribution in [-0.4, -0.2) is 27.5 Å². The molecule has 0 bridgehead atoms. The number of pyridine rings is 1. The number of carbonyl (C=O) groups excluding carboxylic acids is 1. The molecule has 0 spiro atoms. The molecule has 3 aromatic rings. The predicted molar refractivity (Wildman–Crippen MR) is 103 cm³/mol. The van der Waals surface area contributed by atoms with Gasteiger partial charge in [0.2, 0.25) is 0 Å². The van der Waals surface area contributed by atoms with Gasteiger partial charge in [0.05, 0.1) is 12.3 Å². The van der Waals surface area contributed by atoms with Crippen molar-refractivity contribution in [2.75, 3.05) is 23.1 Å². The Morgan fingerprint density at radius 1 is 1.07 bits per heavy atom. The summed E-state index contributed by atoms with van der Waals surface area (Å²) in [5.74, 6) is 0.901. The molecule has 0 aliphatic heterocycles. The Morgan fingerprint density at radius 3 is 2.63 bits per heavy atom. The summed E-state index contributed by atoms with van der Waals surface area (Å²) in [6, 6.07) is 12.5. The number of benzene rings is 1. The van der Waals surface area contributed by atoms with E-state index >= 15 is 0 Å². The summed E-state index contributed by atoms with van der Waals surface area (Å²) in [5, 5.41) is 3.12. The minimum Gasteiger partial charge on any atom is -0.492 e. The number of ether oxygens (including phenoxy) is 1. The zero-order valence-corrected chi connectivity index (χ0v) is 14.6. The van der Waals surface area contributed by atoms with Crippen LogP contribution in [0.25, 0.3) is 0 Å². The molecule has 2 heterocycles. The van der Waals surface area contributed by atoms with Gasteiger partial charge in [-0.05, 0) is 31.2 Å². The first-order valence-electron chi connectivity index (χ1n) is 8.25. The largest absolute Gasteiger partial charge is 0.492 e. The van der Waals surface area contributed by atoms with E-state index in [1.165, 1.54) is 12.5 Å². The molecule has 0 saturated carbocycles. The Kier molecular flexibility index (Phi) is 5.63. The van der Waals surface area contributed by atoms with E-state index in [4.69, 9.17) is 10.5 Å². The van der Waals surface area contributed by atoms with E-state index in [-0.39, 0.29) is 17.2 Å². The molecule has 9 nitrogen and oxygen atoms in total. The number of carbonyl (C=O) groups is 1. The smallest absolute Gasteiger partial charge is 0.288 e. The van der Waals surface area contributed by atoms with Crippen molar-refractivity contribution < 1.29 is 9.53 Å². The summed E-state index contributed by atoms with van der Waals surface area (Å²) in [7, 11) is 0. The lowest BCUT2D eigenvalue weighted by molar-refractivity contribution is 0.0957. The SMILES string of the molecule is CCOc1ccccc1Nc1ncnc(NNC(=O)c2ccccn2)c1N. The van der Waals surface area contributed by atoms with Crippen LogP contribution in [-0.2, 0) is 0 Å². The number of hydrazine groups is 1. The highest BCUT2D eigenvalue weighted by Gasteiger charge is 2.12. The number of nitrogens with zero attached hydrogens (tertiary/aromatic N) is 3. The minimum atomic E-state index is -0.412. The Balaban J connectivity index is 1.74. The summed E-state index contributed by atoms with van der Waals surface area (Å²) in [6.45, 7) is 2.44. The number of hydrogen-bond donors (Lipinski definition) is 4. The van der Waals surface area contributed by atoms with Gasteiger partial charge in [0.15, 0.2) is 11.6 Å². The van der Waals surface area contributed by atoms with E-state index in [0.29, 0.717) is 23.9 Å². The Morgan fingerprint density at radius 2 is 1.85 bits per heavy atom. The number of nitrogens with two attached hydrogens (primary N) is 1. The third-order valence-electron chi connectivity index (χ3n) is 3.52. The first-order chi connectivity index (χ1) is 13.2. The third-order valence-corrected chi connectivity index (χ3v) is 3.52. The lowest BCUT2D eigenvalue weighted by Crippen LogP contribution is -2.31. The van der Waals surface area contributed by atoms with E-state index in [1.807, 2.05) is 31.2 Å². The molecule has 0 atom stereocenters. The van der Waals surface area contributed by atoms with Gasteiger partial charge in [-0.3, -0.25) is 20.6 Å². The van der Waals surface area contributed by atoms with Crippen LogP contribution in [0.15, 0.2) is 55.0 Å². The fourth-order valence-corrected chi connectivity index (χ4v) is 2.25. The van der Waals surface area contributed by atoms with Crippen molar-refractivity contribution in [3.05, 3.63) is 60.7 Å². The van der Waals surface area contributed by atoms with Crippen molar-refractivity contribution in [3.63, 3.8) is 0 Å². The third kappa shape index (κ3) is 4.40. The number of hydrogen-bond acceptors (Lipinski definition) is 8. The van der Waals surface area contributed by atoms with Crippen LogP contribution >= 0.6 is 0 Å². The summed E-state index contributed by atoms with van der Waals surface area (Å²) in [5.41, 5.74) is 12.5. The summed E-state index contributed by atoms with van der Waals surface area (Å²) in [6.07, 6.45) is 2.86. The van der Waals surface area contributed by atoms with Gasteiger partial charge >= 0.3 is 0 Å². The highest BCUT2D eigenvalue weighted by Crippen LogP contribution is 2.30. The van der Waals surface area contributed by atoms with Gasteiger partial charge in [0.25, 0.3) is 5.91 Å². The minimum absolute atomic E-state index is 0.241. The molecule has 0 fully saturated rings. The number of para-hydroxylation sites is 2. The highest BCUT2D eigenvalue weighted by molar-refractivity contribution is 5.93. The summed E-state index contributed by atoms with van der Waals surface area (Å²) in [4.78, 5) is 24.2. The van der Waals surface area contributed by atoms with E-state index in [1.54, 1.807) is 18.2 Å². The Labute approximate surface area is 156 Å². The van der Waals surface area contributed by atoms with E-state index in [0.717, 1.165) is 0 Å². The molecule has 0 saturated heterocycles. The molecule has 3 rings (SSSR count). The normalized spacial score (nSPS) is 10.1. The Hall–Kier alpha value is -3.88. The fourth-order valence-electron chi connectivity index (χ4n) is 2.25. The van der Waals surface area contributed by atoms with Crippen molar-refractivity contribution in [1.29, 1.82) is 0 Å². The average molecular weight is 365 g/mol. The molecule has 1 aromatic carbocycles. The molecule has 2 aromatic heterocycles. The molecule has 0 radical (unpaired) electrons. The van der Waals surface area contributed by atoms with Crippen molar-refractivity contribution >= 4 is 28.9 Å². The van der Waals surface area contributed by atoms with Crippen molar-refractivity contribution in [2.24, 2.45) is 0 Å². The average Bonchev–Trinajstić information content (AvgIpc) is 2.70. The quantitative estimate of drug-likeness (QED) is 0.470. The standard InChI is InChI=1S/C18H19N7O2/c1-2-27-14-9-4-3-7-12(14)23-16-15(19)17(22-11-21-16)24-25-18(26)13-8-5-6-10-20-13/h3-11H,2,19H2,1H3,(H,25,26)(H2,21,22,23,24). The summed E-state index contributed by atoms with van der Waals surface area (Å²) >= 11 is 0. The van der Waals surface area contributed by atoms with Gasteiger partial charge in [-0.2, -0.15) is 0 Å². The summed E-state index contributed by atoms with van der Waals surface area (Å²) < 4.78 is 5.58. The molecule has 5 N–H and O–H groups in total. The molecule has 1 amide bonds. The molecule has 9 heteroatoms. The van der Waals surface area contributed by atoms with Crippen LogP contribution < -0.4 is 26.6 Å². The van der Waals surface area contributed by atoms with Crippen LogP contribution in [0.4, 0.5) is 23.0 Å². The number of nitrogen functional groups attached to an aromatic ring is 1. The van der Waals surface area contributed by atoms with Crippen LogP contribution in [0.5, 0.6) is 5.75 Å². The van der Waals surface area contributed by atoms with Crippen LogP contribution in [0.1, 0.15) is 17.4 Å². The monoisotopic (exact) mass is 365 g/mol. The molecule has 0 unspecified atom stereocenters. The van der Waals surface area contributed by atoms with Gasteiger partial charge in [0, 0.05) is 6.20 Å². The van der Waals surface area contributed by atoms with E-state index in [2.05, 4.69) is 31.1 Å². The predicted octanol–water partition coefficient (Wildman–Crippen LogP) is 2.35. The zero-order chi connectivity index (χ0) is 19.1. The fraction of sp³-hybridized carbons (Fsp3) is 0.111. The van der Waals surface area contributed by atoms with Gasteiger partial charge in [-0.25, -0.2) is 9.97 Å². The maximum atomic E-state index is 12.1. The van der Waals surface area contributed by atoms with Gasteiger partial charge in [0.1, 0.15) is 23.5 Å². The Bertz CT molecular complexity index is 919. The number of rotatable bonds is 7. The van der Waals surface area contributed by atoms with Crippen LogP contribution in [0.3, 0.4) is 0 Å². The van der Waals surface area contributed by atoms with E-state index in [9.17, 15) is 4.79 Å². The number of amides is 1. The van der Waals surface area contributed by atoms with Crippen molar-refractivity contribution in [1.82, 2.24) is 20.4 Å². The zero-order valence-electron chi connectivity index (χ0n) is 14.6. The number of anilines is 4. The number of aromatic nitrogens is 3. The van der Waals surface area contributed by atoms with Gasteiger partial charge in [-0.15, -0.1) is 0 Å². The topological polar surface area (TPSA) is 127 Å². The molecule has 27 heavy (non-hydrogen) atoms. The lowest BCUT2D eigenvalue weighted by atomic mass is 10.3. The number of nitrogens with one attached hydrogen (secondary N) is 3. The van der Waals surface area contributed by atoms with Crippen LogP contribution in [0, 0.1) is 0 Å².